The first kappa shape index (κ1) is 10.6. The van der Waals surface area contributed by atoms with Gasteiger partial charge in [-0.15, -0.1) is 0 Å². The van der Waals surface area contributed by atoms with Crippen LogP contribution in [0.15, 0.2) is 0 Å². The van der Waals surface area contributed by atoms with Crippen LogP contribution in [0.2, 0.25) is 13.1 Å². The second kappa shape index (κ2) is 4.48. The minimum atomic E-state index is -2.69. The van der Waals surface area contributed by atoms with E-state index < -0.39 is 14.5 Å². The molecule has 0 rings (SSSR count). The fourth-order valence-electron chi connectivity index (χ4n) is 0.394. The van der Waals surface area contributed by atoms with Crippen molar-refractivity contribution < 1.29 is 19.1 Å². The fraction of sp³-hybridized carbons (Fsp3) is 0.833. The third-order valence-corrected chi connectivity index (χ3v) is 1.28. The van der Waals surface area contributed by atoms with Crippen molar-refractivity contribution in [2.24, 2.45) is 0 Å². The van der Waals surface area contributed by atoms with Gasteiger partial charge in [-0.1, -0.05) is 6.92 Å². The molecular weight excluding hydrogens is 164 g/mol. The Morgan fingerprint density at radius 3 is 2.45 bits per heavy atom. The van der Waals surface area contributed by atoms with Gasteiger partial charge < -0.3 is 9.68 Å². The molecule has 5 heteroatoms. The average Bonchev–Trinajstić information content (AvgIpc) is 1.83. The first-order valence-corrected chi connectivity index (χ1v) is 6.42. The van der Waals surface area contributed by atoms with Crippen LogP contribution in [0.25, 0.3) is 0 Å². The van der Waals surface area contributed by atoms with Crippen LogP contribution in [-0.2, 0) is 14.3 Å². The number of hydrogen-bond acceptors (Lipinski definition) is 4. The number of carbonyl (C=O) groups excluding carboxylic acids is 1. The molecule has 0 saturated carbocycles. The Labute approximate surface area is 67.3 Å². The van der Waals surface area contributed by atoms with Crippen molar-refractivity contribution in [2.45, 2.75) is 32.9 Å². The maximum Gasteiger partial charge on any atom is 0.382 e. The van der Waals surface area contributed by atoms with Crippen molar-refractivity contribution >= 4 is 14.5 Å². The topological polar surface area (TPSA) is 55.8 Å². The monoisotopic (exact) mass is 178 g/mol. The maximum absolute atomic E-state index is 10.7. The Morgan fingerprint density at radius 2 is 2.09 bits per heavy atom. The lowest BCUT2D eigenvalue weighted by Crippen LogP contribution is -2.31. The quantitative estimate of drug-likeness (QED) is 0.395. The van der Waals surface area contributed by atoms with E-state index in [9.17, 15) is 4.79 Å². The van der Waals surface area contributed by atoms with E-state index in [1.165, 1.54) is 13.1 Å². The lowest BCUT2D eigenvalue weighted by atomic mass is 10.3. The molecule has 0 heterocycles. The van der Waals surface area contributed by atoms with E-state index in [-0.39, 0.29) is 0 Å². The maximum atomic E-state index is 10.7. The molecule has 0 aliphatic rings. The molecule has 0 atom stereocenters. The molecule has 66 valence electrons. The minimum absolute atomic E-state index is 0.324. The smallest absolute Gasteiger partial charge is 0.382 e. The highest BCUT2D eigenvalue weighted by molar-refractivity contribution is 6.62. The first-order valence-electron chi connectivity index (χ1n) is 3.56. The summed E-state index contributed by atoms with van der Waals surface area (Å²) in [5.41, 5.74) is 0. The molecule has 0 saturated heterocycles. The van der Waals surface area contributed by atoms with Gasteiger partial charge in [0.05, 0.1) is 0 Å². The fourth-order valence-corrected chi connectivity index (χ4v) is 0.691. The Bertz CT molecular complexity index is 129. The first-order chi connectivity index (χ1) is 4.95. The largest absolute Gasteiger partial charge is 0.409 e. The summed E-state index contributed by atoms with van der Waals surface area (Å²) >= 11 is 0. The van der Waals surface area contributed by atoms with Gasteiger partial charge in [0.15, 0.2) is 0 Å². The third kappa shape index (κ3) is 7.50. The van der Waals surface area contributed by atoms with E-state index in [1.54, 1.807) is 0 Å². The molecule has 0 spiro atoms. The van der Waals surface area contributed by atoms with E-state index in [4.69, 9.17) is 4.80 Å². The van der Waals surface area contributed by atoms with Gasteiger partial charge in [0.2, 0.25) is 0 Å². The van der Waals surface area contributed by atoms with Gasteiger partial charge in [-0.05, 0) is 19.5 Å². The predicted octanol–water partition coefficient (Wildman–Crippen LogP) is 0.955. The van der Waals surface area contributed by atoms with Gasteiger partial charge in [-0.2, -0.15) is 0 Å². The number of carbonyl (C=O) groups is 1. The van der Waals surface area contributed by atoms with E-state index in [1.807, 2.05) is 6.92 Å². The number of rotatable bonds is 4. The van der Waals surface area contributed by atoms with Gasteiger partial charge in [0.25, 0.3) is 0 Å². The molecular formula is C6H14O4Si. The Balaban J connectivity index is 3.46. The van der Waals surface area contributed by atoms with Crippen LogP contribution >= 0.6 is 0 Å². The standard InChI is InChI=1S/C6H14O4Si/c1-4-5-6(7)9-10-11(2,3)8/h8H,4-5H2,1-3H3. The zero-order chi connectivity index (χ0) is 8.91. The molecule has 0 radical (unpaired) electrons. The van der Waals surface area contributed by atoms with E-state index >= 15 is 0 Å². The summed E-state index contributed by atoms with van der Waals surface area (Å²) in [4.78, 5) is 24.0. The van der Waals surface area contributed by atoms with Crippen LogP contribution in [-0.4, -0.2) is 19.3 Å². The molecule has 0 unspecified atom stereocenters. The summed E-state index contributed by atoms with van der Waals surface area (Å²) in [5, 5.41) is 0. The van der Waals surface area contributed by atoms with Crippen LogP contribution in [0.3, 0.4) is 0 Å². The lowest BCUT2D eigenvalue weighted by Gasteiger charge is -2.11. The van der Waals surface area contributed by atoms with Crippen LogP contribution in [0.5, 0.6) is 0 Å². The summed E-state index contributed by atoms with van der Waals surface area (Å²) in [6.07, 6.45) is 1.04. The van der Waals surface area contributed by atoms with Gasteiger partial charge in [0.1, 0.15) is 0 Å². The summed E-state index contributed by atoms with van der Waals surface area (Å²) in [6, 6.07) is 0. The van der Waals surface area contributed by atoms with Crippen molar-refractivity contribution in [3.63, 3.8) is 0 Å². The Morgan fingerprint density at radius 1 is 1.55 bits per heavy atom. The van der Waals surface area contributed by atoms with Gasteiger partial charge in [0, 0.05) is 6.42 Å². The highest BCUT2D eigenvalue weighted by Gasteiger charge is 2.22. The molecule has 11 heavy (non-hydrogen) atoms. The Kier molecular flexibility index (Phi) is 4.32. The minimum Gasteiger partial charge on any atom is -0.409 e. The second-order valence-electron chi connectivity index (χ2n) is 2.74. The zero-order valence-electron chi connectivity index (χ0n) is 7.09. The van der Waals surface area contributed by atoms with Gasteiger partial charge in [-0.3, -0.25) is 0 Å². The summed E-state index contributed by atoms with van der Waals surface area (Å²) in [5.74, 6) is -0.429. The molecule has 0 aliphatic heterocycles. The van der Waals surface area contributed by atoms with Crippen molar-refractivity contribution in [1.82, 2.24) is 0 Å². The SMILES string of the molecule is CCCC(=O)OO[Si](C)(C)O. The molecule has 0 aliphatic carbocycles. The molecule has 4 nitrogen and oxygen atoms in total. The van der Waals surface area contributed by atoms with Crippen molar-refractivity contribution in [2.75, 3.05) is 0 Å². The molecule has 0 aromatic carbocycles. The highest BCUT2D eigenvalue weighted by Crippen LogP contribution is 2.00. The van der Waals surface area contributed by atoms with E-state index in [0.29, 0.717) is 6.42 Å². The van der Waals surface area contributed by atoms with Crippen molar-refractivity contribution in [3.8, 4) is 0 Å². The molecule has 1 N–H and O–H groups in total. The zero-order valence-corrected chi connectivity index (χ0v) is 8.09. The van der Waals surface area contributed by atoms with Crippen molar-refractivity contribution in [3.05, 3.63) is 0 Å². The van der Waals surface area contributed by atoms with E-state index in [2.05, 4.69) is 9.46 Å². The third-order valence-electron chi connectivity index (χ3n) is 0.793. The molecule has 0 bridgehead atoms. The lowest BCUT2D eigenvalue weighted by molar-refractivity contribution is -0.226. The molecule has 0 amide bonds. The van der Waals surface area contributed by atoms with E-state index in [0.717, 1.165) is 6.42 Å². The van der Waals surface area contributed by atoms with Gasteiger partial charge in [-0.25, -0.2) is 9.37 Å². The number of hydrogen-bond donors (Lipinski definition) is 1. The van der Waals surface area contributed by atoms with Crippen LogP contribution in [0, 0.1) is 0 Å². The van der Waals surface area contributed by atoms with Crippen LogP contribution in [0.4, 0.5) is 0 Å². The van der Waals surface area contributed by atoms with Gasteiger partial charge >= 0.3 is 14.5 Å². The second-order valence-corrected chi connectivity index (χ2v) is 5.80. The Hall–Kier alpha value is -0.393. The van der Waals surface area contributed by atoms with Crippen LogP contribution < -0.4 is 0 Å². The highest BCUT2D eigenvalue weighted by atomic mass is 28.4. The summed E-state index contributed by atoms with van der Waals surface area (Å²) < 4.78 is 4.49. The molecule has 0 fully saturated rings. The molecule has 0 aromatic rings. The summed E-state index contributed by atoms with van der Waals surface area (Å²) in [7, 11) is -2.69. The van der Waals surface area contributed by atoms with Crippen LogP contribution in [0.1, 0.15) is 19.8 Å². The summed E-state index contributed by atoms with van der Waals surface area (Å²) in [6.45, 7) is 4.90. The van der Waals surface area contributed by atoms with Crippen molar-refractivity contribution in [1.29, 1.82) is 0 Å². The normalized spacial score (nSPS) is 11.3. The average molecular weight is 178 g/mol. The predicted molar refractivity (Wildman–Crippen MR) is 41.8 cm³/mol. The molecule has 0 aromatic heterocycles.